The van der Waals surface area contributed by atoms with E-state index in [9.17, 15) is 4.57 Å². The molecule has 0 radical (unpaired) electrons. The highest BCUT2D eigenvalue weighted by Crippen LogP contribution is 2.55. The van der Waals surface area contributed by atoms with Gasteiger partial charge in [-0.1, -0.05) is 73.3 Å². The summed E-state index contributed by atoms with van der Waals surface area (Å²) in [4.78, 5) is 0. The third kappa shape index (κ3) is 2.54. The van der Waals surface area contributed by atoms with Gasteiger partial charge in [0.05, 0.1) is 0 Å². The molecule has 0 N–H and O–H groups in total. The Morgan fingerprint density at radius 2 is 1.43 bits per heavy atom. The lowest BCUT2D eigenvalue weighted by molar-refractivity contribution is 0.591. The van der Waals surface area contributed by atoms with E-state index in [0.29, 0.717) is 0 Å². The van der Waals surface area contributed by atoms with Crippen LogP contribution < -0.4 is 10.6 Å². The fourth-order valence-corrected chi connectivity index (χ4v) is 5.58. The van der Waals surface area contributed by atoms with Crippen LogP contribution in [0.1, 0.15) is 19.3 Å². The predicted octanol–water partition coefficient (Wildman–Crippen LogP) is 4.62. The molecular formula is C19H19OP. The Bertz CT molecular complexity index is 670. The molecule has 1 nitrogen and oxygen atoms in total. The number of allylic oxidation sites excluding steroid dienone is 3. The summed E-state index contributed by atoms with van der Waals surface area (Å²) in [6.07, 6.45) is 5.39. The van der Waals surface area contributed by atoms with E-state index in [2.05, 4.69) is 12.7 Å². The van der Waals surface area contributed by atoms with Gasteiger partial charge in [0.15, 0.2) is 7.14 Å². The largest absolute Gasteiger partial charge is 0.309 e. The van der Waals surface area contributed by atoms with Crippen LogP contribution in [0.5, 0.6) is 0 Å². The van der Waals surface area contributed by atoms with E-state index in [1.165, 1.54) is 5.57 Å². The Morgan fingerprint density at radius 1 is 0.905 bits per heavy atom. The van der Waals surface area contributed by atoms with Gasteiger partial charge in [-0.2, -0.15) is 0 Å². The second-order valence-corrected chi connectivity index (χ2v) is 8.14. The minimum atomic E-state index is -2.83. The molecule has 21 heavy (non-hydrogen) atoms. The topological polar surface area (TPSA) is 17.1 Å². The smallest absolute Gasteiger partial charge is 0.170 e. The average Bonchev–Trinajstić information content (AvgIpc) is 3.09. The van der Waals surface area contributed by atoms with Gasteiger partial charge in [0.1, 0.15) is 0 Å². The zero-order valence-electron chi connectivity index (χ0n) is 12.0. The number of hydrogen-bond acceptors (Lipinski definition) is 1. The van der Waals surface area contributed by atoms with Crippen LogP contribution in [0.4, 0.5) is 0 Å². The van der Waals surface area contributed by atoms with Crippen molar-refractivity contribution < 1.29 is 4.57 Å². The Hall–Kier alpha value is -1.85. The van der Waals surface area contributed by atoms with Gasteiger partial charge in [0.2, 0.25) is 0 Å². The van der Waals surface area contributed by atoms with Gasteiger partial charge in [-0.15, -0.1) is 0 Å². The maximum atomic E-state index is 14.0. The predicted molar refractivity (Wildman–Crippen MR) is 90.8 cm³/mol. The van der Waals surface area contributed by atoms with Crippen LogP contribution in [0.25, 0.3) is 0 Å². The second-order valence-electron chi connectivity index (χ2n) is 5.35. The summed E-state index contributed by atoms with van der Waals surface area (Å²) in [5.41, 5.74) is 1.17. The first-order chi connectivity index (χ1) is 10.2. The zero-order valence-corrected chi connectivity index (χ0v) is 12.9. The van der Waals surface area contributed by atoms with Crippen molar-refractivity contribution in [3.8, 4) is 0 Å². The molecular weight excluding hydrogens is 275 g/mol. The highest BCUT2D eigenvalue weighted by Gasteiger charge is 2.32. The SMILES string of the molecule is C=C(C1=CCCC1)P(=O)(c1ccccc1)c1ccccc1. The molecule has 0 unspecified atom stereocenters. The van der Waals surface area contributed by atoms with E-state index < -0.39 is 7.14 Å². The van der Waals surface area contributed by atoms with Gasteiger partial charge >= 0.3 is 0 Å². The molecule has 0 bridgehead atoms. The summed E-state index contributed by atoms with van der Waals surface area (Å²) in [5, 5.41) is 2.54. The fraction of sp³-hybridized carbons (Fsp3) is 0.158. The van der Waals surface area contributed by atoms with Crippen LogP contribution >= 0.6 is 7.14 Å². The molecule has 1 aliphatic rings. The third-order valence-electron chi connectivity index (χ3n) is 4.03. The van der Waals surface area contributed by atoms with Gasteiger partial charge < -0.3 is 4.57 Å². The molecule has 0 saturated heterocycles. The number of hydrogen-bond donors (Lipinski definition) is 0. The minimum Gasteiger partial charge on any atom is -0.309 e. The van der Waals surface area contributed by atoms with Gasteiger partial charge in [0, 0.05) is 15.9 Å². The lowest BCUT2D eigenvalue weighted by Crippen LogP contribution is -2.17. The molecule has 0 heterocycles. The molecule has 0 fully saturated rings. The van der Waals surface area contributed by atoms with Crippen LogP contribution in [-0.4, -0.2) is 0 Å². The lowest BCUT2D eigenvalue weighted by Gasteiger charge is -2.22. The highest BCUT2D eigenvalue weighted by atomic mass is 31.2. The average molecular weight is 294 g/mol. The van der Waals surface area contributed by atoms with Crippen molar-refractivity contribution in [1.29, 1.82) is 0 Å². The van der Waals surface area contributed by atoms with E-state index >= 15 is 0 Å². The first kappa shape index (κ1) is 14.1. The fourth-order valence-electron chi connectivity index (χ4n) is 2.87. The third-order valence-corrected chi connectivity index (χ3v) is 7.13. The maximum Gasteiger partial charge on any atom is 0.170 e. The minimum absolute atomic E-state index is 0.803. The van der Waals surface area contributed by atoms with E-state index in [-0.39, 0.29) is 0 Å². The highest BCUT2D eigenvalue weighted by molar-refractivity contribution is 7.82. The van der Waals surface area contributed by atoms with Crippen molar-refractivity contribution in [2.75, 3.05) is 0 Å². The van der Waals surface area contributed by atoms with Crippen molar-refractivity contribution in [3.05, 3.63) is 84.2 Å². The van der Waals surface area contributed by atoms with Crippen LogP contribution in [0.2, 0.25) is 0 Å². The van der Waals surface area contributed by atoms with E-state index in [4.69, 9.17) is 0 Å². The summed E-state index contributed by atoms with van der Waals surface area (Å²) >= 11 is 0. The molecule has 2 aromatic rings. The summed E-state index contributed by atoms with van der Waals surface area (Å²) in [6.45, 7) is 4.23. The molecule has 0 saturated carbocycles. The summed E-state index contributed by atoms with van der Waals surface area (Å²) in [7, 11) is -2.83. The zero-order chi connectivity index (χ0) is 14.7. The van der Waals surface area contributed by atoms with E-state index in [1.54, 1.807) is 0 Å². The Kier molecular flexibility index (Phi) is 3.94. The van der Waals surface area contributed by atoms with Crippen LogP contribution in [-0.2, 0) is 4.57 Å². The lowest BCUT2D eigenvalue weighted by atomic mass is 10.2. The van der Waals surface area contributed by atoms with E-state index in [0.717, 1.165) is 35.2 Å². The summed E-state index contributed by atoms with van der Waals surface area (Å²) in [5.74, 6) is 0. The molecule has 1 aliphatic carbocycles. The van der Waals surface area contributed by atoms with Crippen LogP contribution in [0.15, 0.2) is 84.2 Å². The Morgan fingerprint density at radius 3 is 1.86 bits per heavy atom. The van der Waals surface area contributed by atoms with E-state index in [1.807, 2.05) is 60.7 Å². The van der Waals surface area contributed by atoms with Crippen molar-refractivity contribution in [3.63, 3.8) is 0 Å². The molecule has 0 aliphatic heterocycles. The first-order valence-corrected chi connectivity index (χ1v) is 9.04. The Balaban J connectivity index is 2.16. The molecule has 2 heteroatoms. The first-order valence-electron chi connectivity index (χ1n) is 7.33. The number of benzene rings is 2. The number of rotatable bonds is 4. The standard InChI is InChI=1S/C19H19OP/c1-16(17-10-8-9-11-17)21(20,18-12-4-2-5-13-18)19-14-6-3-7-15-19/h2-7,10,12-15H,1,8-9,11H2. The van der Waals surface area contributed by atoms with Gasteiger partial charge in [0.25, 0.3) is 0 Å². The molecule has 3 rings (SSSR count). The van der Waals surface area contributed by atoms with Crippen LogP contribution in [0, 0.1) is 0 Å². The summed E-state index contributed by atoms with van der Waals surface area (Å²) in [6, 6.07) is 19.5. The van der Waals surface area contributed by atoms with Crippen molar-refractivity contribution in [1.82, 2.24) is 0 Å². The maximum absolute atomic E-state index is 14.0. The molecule has 0 aromatic heterocycles. The molecule has 2 aromatic carbocycles. The van der Waals surface area contributed by atoms with Gasteiger partial charge in [-0.05, 0) is 24.8 Å². The van der Waals surface area contributed by atoms with Crippen LogP contribution in [0.3, 0.4) is 0 Å². The van der Waals surface area contributed by atoms with Crippen molar-refractivity contribution in [2.24, 2.45) is 0 Å². The van der Waals surface area contributed by atoms with Gasteiger partial charge in [-0.3, -0.25) is 0 Å². The monoisotopic (exact) mass is 294 g/mol. The van der Waals surface area contributed by atoms with Gasteiger partial charge in [-0.25, -0.2) is 0 Å². The molecule has 106 valence electrons. The molecule has 0 spiro atoms. The quantitative estimate of drug-likeness (QED) is 0.752. The normalized spacial score (nSPS) is 14.8. The van der Waals surface area contributed by atoms with Crippen molar-refractivity contribution in [2.45, 2.75) is 19.3 Å². The molecule has 0 amide bonds. The van der Waals surface area contributed by atoms with Crippen molar-refractivity contribution >= 4 is 17.8 Å². The Labute approximate surface area is 126 Å². The molecule has 0 atom stereocenters. The second kappa shape index (κ2) is 5.87. The summed E-state index contributed by atoms with van der Waals surface area (Å²) < 4.78 is 14.0.